The van der Waals surface area contributed by atoms with Crippen LogP contribution < -0.4 is 0 Å². The summed E-state index contributed by atoms with van der Waals surface area (Å²) < 4.78 is 3.89. The second-order valence-corrected chi connectivity index (χ2v) is 4.20. The highest BCUT2D eigenvalue weighted by molar-refractivity contribution is 5.96. The second-order valence-electron chi connectivity index (χ2n) is 4.20. The number of nitrogens with zero attached hydrogens (tertiary/aromatic N) is 4. The lowest BCUT2D eigenvalue weighted by molar-refractivity contribution is 0.112. The number of aryl methyl sites for hydroxylation is 1. The Kier molecular flexibility index (Phi) is 2.44. The first-order valence-corrected chi connectivity index (χ1v) is 5.65. The van der Waals surface area contributed by atoms with E-state index in [-0.39, 0.29) is 0 Å². The lowest BCUT2D eigenvalue weighted by Crippen LogP contribution is -2.05. The molecule has 1 aromatic carbocycles. The fraction of sp³-hybridized carbons (Fsp3) is 0.154. The maximum atomic E-state index is 11.1. The zero-order valence-electron chi connectivity index (χ0n) is 9.95. The molecule has 90 valence electrons. The van der Waals surface area contributed by atoms with Gasteiger partial charge in [-0.05, 0) is 12.1 Å². The average molecular weight is 240 g/mol. The van der Waals surface area contributed by atoms with Gasteiger partial charge < -0.3 is 9.13 Å². The van der Waals surface area contributed by atoms with Crippen LogP contribution in [0.3, 0.4) is 0 Å². The van der Waals surface area contributed by atoms with E-state index in [0.717, 1.165) is 23.0 Å². The number of aromatic nitrogens is 4. The summed E-state index contributed by atoms with van der Waals surface area (Å²) in [7, 11) is 1.90. The lowest BCUT2D eigenvalue weighted by atomic mass is 10.1. The number of rotatable bonds is 3. The smallest absolute Gasteiger partial charge is 0.152 e. The molecule has 2 heterocycles. The molecule has 0 bridgehead atoms. The van der Waals surface area contributed by atoms with Crippen LogP contribution in [0.2, 0.25) is 0 Å². The third-order valence-electron chi connectivity index (χ3n) is 3.06. The molecule has 0 fully saturated rings. The summed E-state index contributed by atoms with van der Waals surface area (Å²) in [6.45, 7) is 0.602. The Labute approximate surface area is 104 Å². The lowest BCUT2D eigenvalue weighted by Gasteiger charge is -2.06. The van der Waals surface area contributed by atoms with E-state index in [1.165, 1.54) is 0 Å². The Bertz CT molecular complexity index is 711. The van der Waals surface area contributed by atoms with Crippen LogP contribution in [-0.2, 0) is 13.6 Å². The Morgan fingerprint density at radius 2 is 2.22 bits per heavy atom. The van der Waals surface area contributed by atoms with Crippen molar-refractivity contribution in [3.05, 3.63) is 48.2 Å². The van der Waals surface area contributed by atoms with Gasteiger partial charge in [0.2, 0.25) is 0 Å². The van der Waals surface area contributed by atoms with Crippen LogP contribution in [0.15, 0.2) is 36.8 Å². The van der Waals surface area contributed by atoms with Crippen molar-refractivity contribution in [1.82, 2.24) is 19.3 Å². The number of aldehydes is 1. The molecule has 0 saturated carbocycles. The summed E-state index contributed by atoms with van der Waals surface area (Å²) in [6.07, 6.45) is 4.52. The van der Waals surface area contributed by atoms with Crippen LogP contribution in [0.5, 0.6) is 0 Å². The minimum atomic E-state index is 0.602. The van der Waals surface area contributed by atoms with Gasteiger partial charge in [0.25, 0.3) is 0 Å². The maximum absolute atomic E-state index is 11.1. The normalized spacial score (nSPS) is 10.9. The Balaban J connectivity index is 2.12. The number of carbonyl (C=O) groups is 1. The van der Waals surface area contributed by atoms with E-state index in [4.69, 9.17) is 0 Å². The van der Waals surface area contributed by atoms with Crippen molar-refractivity contribution in [1.29, 1.82) is 0 Å². The highest BCUT2D eigenvalue weighted by Gasteiger charge is 2.08. The van der Waals surface area contributed by atoms with Gasteiger partial charge in [-0.3, -0.25) is 4.79 Å². The van der Waals surface area contributed by atoms with E-state index in [9.17, 15) is 4.79 Å². The molecule has 3 rings (SSSR count). The minimum Gasteiger partial charge on any atom is -0.339 e. The van der Waals surface area contributed by atoms with Gasteiger partial charge in [0.1, 0.15) is 6.33 Å². The fourth-order valence-corrected chi connectivity index (χ4v) is 2.12. The van der Waals surface area contributed by atoms with Crippen molar-refractivity contribution in [2.75, 3.05) is 0 Å². The monoisotopic (exact) mass is 240 g/mol. The number of fused-ring (bicyclic) bond motifs is 1. The SMILES string of the molecule is Cn1cnnc1Cn1ccc2cccc(C=O)c21. The van der Waals surface area contributed by atoms with Gasteiger partial charge in [-0.2, -0.15) is 0 Å². The highest BCUT2D eigenvalue weighted by Crippen LogP contribution is 2.19. The van der Waals surface area contributed by atoms with Crippen LogP contribution in [0, 0.1) is 0 Å². The van der Waals surface area contributed by atoms with Gasteiger partial charge in [-0.25, -0.2) is 0 Å². The first kappa shape index (κ1) is 10.7. The summed E-state index contributed by atoms with van der Waals surface area (Å²) in [6, 6.07) is 7.70. The molecule has 0 atom stereocenters. The predicted molar refractivity (Wildman–Crippen MR) is 67.4 cm³/mol. The Morgan fingerprint density at radius 3 is 2.94 bits per heavy atom. The molecule has 0 radical (unpaired) electrons. The highest BCUT2D eigenvalue weighted by atomic mass is 16.1. The van der Waals surface area contributed by atoms with E-state index in [0.29, 0.717) is 12.1 Å². The molecular formula is C13H12N4O. The molecule has 3 aromatic rings. The van der Waals surface area contributed by atoms with E-state index in [2.05, 4.69) is 10.2 Å². The summed E-state index contributed by atoms with van der Waals surface area (Å²) in [5.41, 5.74) is 1.63. The van der Waals surface area contributed by atoms with Crippen molar-refractivity contribution in [2.24, 2.45) is 7.05 Å². The Morgan fingerprint density at radius 1 is 1.33 bits per heavy atom. The largest absolute Gasteiger partial charge is 0.339 e. The molecule has 5 nitrogen and oxygen atoms in total. The fourth-order valence-electron chi connectivity index (χ4n) is 2.12. The second kappa shape index (κ2) is 4.10. The third kappa shape index (κ3) is 1.60. The summed E-state index contributed by atoms with van der Waals surface area (Å²) >= 11 is 0. The molecule has 2 aromatic heterocycles. The molecular weight excluding hydrogens is 228 g/mol. The van der Waals surface area contributed by atoms with Crippen LogP contribution in [-0.4, -0.2) is 25.6 Å². The Hall–Kier alpha value is -2.43. The molecule has 0 saturated heterocycles. The molecule has 5 heteroatoms. The van der Waals surface area contributed by atoms with Crippen molar-refractivity contribution in [2.45, 2.75) is 6.54 Å². The molecule has 18 heavy (non-hydrogen) atoms. The number of hydrogen-bond donors (Lipinski definition) is 0. The van der Waals surface area contributed by atoms with Crippen molar-refractivity contribution >= 4 is 17.2 Å². The zero-order valence-corrected chi connectivity index (χ0v) is 9.95. The maximum Gasteiger partial charge on any atom is 0.152 e. The van der Waals surface area contributed by atoms with Crippen LogP contribution in [0.1, 0.15) is 16.2 Å². The minimum absolute atomic E-state index is 0.602. The zero-order chi connectivity index (χ0) is 12.5. The van der Waals surface area contributed by atoms with Crippen LogP contribution in [0.25, 0.3) is 10.9 Å². The van der Waals surface area contributed by atoms with Gasteiger partial charge >= 0.3 is 0 Å². The molecule has 0 spiro atoms. The van der Waals surface area contributed by atoms with Crippen molar-refractivity contribution in [3.8, 4) is 0 Å². The van der Waals surface area contributed by atoms with E-state index < -0.39 is 0 Å². The third-order valence-corrected chi connectivity index (χ3v) is 3.06. The number of carbonyl (C=O) groups excluding carboxylic acids is 1. The summed E-state index contributed by atoms with van der Waals surface area (Å²) in [5.74, 6) is 0.855. The number of hydrogen-bond acceptors (Lipinski definition) is 3. The van der Waals surface area contributed by atoms with Gasteiger partial charge in [0.15, 0.2) is 12.1 Å². The molecule has 0 aliphatic rings. The molecule has 0 amide bonds. The molecule has 0 aliphatic carbocycles. The number of benzene rings is 1. The van der Waals surface area contributed by atoms with Crippen molar-refractivity contribution in [3.63, 3.8) is 0 Å². The quantitative estimate of drug-likeness (QED) is 0.654. The van der Waals surface area contributed by atoms with Crippen LogP contribution in [0.4, 0.5) is 0 Å². The molecule has 0 unspecified atom stereocenters. The van der Waals surface area contributed by atoms with E-state index >= 15 is 0 Å². The predicted octanol–water partition coefficient (Wildman–Crippen LogP) is 1.63. The van der Waals surface area contributed by atoms with E-state index in [1.54, 1.807) is 6.33 Å². The number of para-hydroxylation sites is 1. The molecule has 0 aliphatic heterocycles. The van der Waals surface area contributed by atoms with Crippen molar-refractivity contribution < 1.29 is 4.79 Å². The van der Waals surface area contributed by atoms with Gasteiger partial charge in [-0.1, -0.05) is 12.1 Å². The standard InChI is InChI=1S/C13H12N4O/c1-16-9-14-15-12(16)7-17-6-5-10-3-2-4-11(8-18)13(10)17/h2-6,8-9H,7H2,1H3. The summed E-state index contributed by atoms with van der Waals surface area (Å²) in [5, 5.41) is 8.97. The first-order chi connectivity index (χ1) is 8.79. The van der Waals surface area contributed by atoms with Gasteiger partial charge in [0.05, 0.1) is 12.1 Å². The topological polar surface area (TPSA) is 52.7 Å². The molecule has 0 N–H and O–H groups in total. The van der Waals surface area contributed by atoms with Gasteiger partial charge in [0, 0.05) is 24.2 Å². The first-order valence-electron chi connectivity index (χ1n) is 5.65. The average Bonchev–Trinajstić information content (AvgIpc) is 2.97. The van der Waals surface area contributed by atoms with E-state index in [1.807, 2.05) is 46.6 Å². The summed E-state index contributed by atoms with van der Waals surface area (Å²) in [4.78, 5) is 11.1. The van der Waals surface area contributed by atoms with Gasteiger partial charge in [-0.15, -0.1) is 10.2 Å². The van der Waals surface area contributed by atoms with Crippen LogP contribution >= 0.6 is 0 Å².